The van der Waals surface area contributed by atoms with E-state index in [1.807, 2.05) is 0 Å². The van der Waals surface area contributed by atoms with Crippen molar-refractivity contribution < 1.29 is 51.9 Å². The van der Waals surface area contributed by atoms with Crippen LogP contribution in [0, 0.1) is 17.7 Å². The molecule has 0 bridgehead atoms. The maximum Gasteiger partial charge on any atom is 0.323 e. The summed E-state index contributed by atoms with van der Waals surface area (Å²) in [6.45, 7) is -22.4. The molecule has 1 aromatic carbocycles. The molecule has 0 aromatic heterocycles. The van der Waals surface area contributed by atoms with E-state index < -0.39 is 101 Å². The number of carbonyl (C=O) groups is 1. The molecule has 6 heteroatoms. The van der Waals surface area contributed by atoms with Gasteiger partial charge in [-0.05, 0) is 47.8 Å². The SMILES string of the molecule is [2H]C([2H])([2H])C([2H])(C([2H])([2H])[2H])C([2H])([2H])C1([2H])C([2H])([2H])N2CCc3cc(OC)c(OC)cc3C2([2H])C([2H])([2H])C1([2H])OC(=O)[C@@]([2H])(N)C([2H])(C([2H])([2H])[2H])C([2H])([2H])[2H]. The molecular formula is C24H38N2O4. The van der Waals surface area contributed by atoms with Crippen molar-refractivity contribution in [2.75, 3.05) is 27.3 Å². The van der Waals surface area contributed by atoms with Gasteiger partial charge in [0.15, 0.2) is 11.5 Å². The van der Waals surface area contributed by atoms with Gasteiger partial charge in [0.1, 0.15) is 12.1 Å². The Labute approximate surface area is 214 Å². The lowest BCUT2D eigenvalue weighted by atomic mass is 9.79. The van der Waals surface area contributed by atoms with E-state index in [0.29, 0.717) is 0 Å². The van der Waals surface area contributed by atoms with Crippen molar-refractivity contribution in [1.82, 2.24) is 4.90 Å². The van der Waals surface area contributed by atoms with E-state index in [2.05, 4.69) is 0 Å². The van der Waals surface area contributed by atoms with Gasteiger partial charge in [0.05, 0.1) is 18.3 Å². The highest BCUT2D eigenvalue weighted by Crippen LogP contribution is 2.44. The summed E-state index contributed by atoms with van der Waals surface area (Å²) >= 11 is 0. The molecule has 168 valence electrons. The minimum Gasteiger partial charge on any atom is -0.493 e. The summed E-state index contributed by atoms with van der Waals surface area (Å²) in [5.41, 5.74) is 4.95. The van der Waals surface area contributed by atoms with Gasteiger partial charge in [-0.15, -0.1) is 0 Å². The summed E-state index contributed by atoms with van der Waals surface area (Å²) in [6, 6.07) is -5.90. The molecule has 0 aliphatic carbocycles. The van der Waals surface area contributed by atoms with E-state index in [4.69, 9.17) is 43.2 Å². The van der Waals surface area contributed by atoms with Crippen LogP contribution in [-0.2, 0) is 16.0 Å². The van der Waals surface area contributed by atoms with Gasteiger partial charge < -0.3 is 19.9 Å². The maximum absolute atomic E-state index is 14.0. The van der Waals surface area contributed by atoms with Crippen molar-refractivity contribution in [1.29, 1.82) is 0 Å². The smallest absolute Gasteiger partial charge is 0.323 e. The van der Waals surface area contributed by atoms with Crippen molar-refractivity contribution in [3.05, 3.63) is 23.3 Å². The topological polar surface area (TPSA) is 74.0 Å². The Morgan fingerprint density at radius 1 is 1.37 bits per heavy atom. The van der Waals surface area contributed by atoms with Crippen molar-refractivity contribution in [3.63, 3.8) is 0 Å². The van der Waals surface area contributed by atoms with Gasteiger partial charge in [-0.2, -0.15) is 0 Å². The standard InChI is InChI=1S/C24H38N2O4/c1-14(2)9-17-13-26-8-7-16-10-21(28-5)22(29-6)11-18(16)19(26)12-20(17)30-24(27)23(25)15(3)4/h10-11,14-15,17,19-20,23H,7-9,12-13,25H2,1-6H3/t17?,19?,20?,23-/m0/s1/i1D3,2D3,3D3,4D3,9D2,12D2,13D2,14D,15D,17D,19D,20D,23D. The Balaban J connectivity index is 2.66. The molecule has 0 amide bonds. The highest BCUT2D eigenvalue weighted by atomic mass is 16.5. The van der Waals surface area contributed by atoms with Gasteiger partial charge in [-0.25, -0.2) is 0 Å². The van der Waals surface area contributed by atoms with Crippen LogP contribution in [0.5, 0.6) is 11.5 Å². The zero-order chi connectivity index (χ0) is 42.9. The lowest BCUT2D eigenvalue weighted by Crippen LogP contribution is -2.51. The second kappa shape index (κ2) is 9.56. The zero-order valence-corrected chi connectivity index (χ0v) is 16.2. The van der Waals surface area contributed by atoms with E-state index in [0.717, 1.165) is 13.2 Å². The maximum atomic E-state index is 14.0. The molecule has 2 N–H and O–H groups in total. The van der Waals surface area contributed by atoms with Crippen molar-refractivity contribution in [3.8, 4) is 11.5 Å². The first-order chi connectivity index (χ1) is 23.6. The number of nitrogens with zero attached hydrogens (tertiary/aromatic N) is 1. The molecule has 1 aromatic rings. The largest absolute Gasteiger partial charge is 0.493 e. The summed E-state index contributed by atoms with van der Waals surface area (Å²) in [7, 11) is 2.30. The Kier molecular flexibility index (Phi) is 2.27. The minimum absolute atomic E-state index is 0.0139. The highest BCUT2D eigenvalue weighted by molar-refractivity contribution is 5.76. The summed E-state index contributed by atoms with van der Waals surface area (Å²) in [5, 5.41) is 0. The Bertz CT molecular complexity index is 1620. The predicted molar refractivity (Wildman–Crippen MR) is 118 cm³/mol. The number of nitrogens with two attached hydrogens (primary N) is 1. The minimum atomic E-state index is -4.96. The third kappa shape index (κ3) is 4.75. The molecule has 2 aliphatic rings. The molecular weight excluding hydrogens is 380 g/mol. The van der Waals surface area contributed by atoms with Crippen LogP contribution in [0.1, 0.15) is 90.2 Å². The van der Waals surface area contributed by atoms with Gasteiger partial charge in [-0.3, -0.25) is 9.69 Å². The molecule has 6 nitrogen and oxygen atoms in total. The average Bonchev–Trinajstić information content (AvgIpc) is 2.99. The normalized spacial score (nSPS) is 51.3. The van der Waals surface area contributed by atoms with Crippen molar-refractivity contribution in [2.45, 2.75) is 64.7 Å². The van der Waals surface area contributed by atoms with Crippen molar-refractivity contribution >= 4 is 5.97 Å². The molecule has 0 spiro atoms. The number of esters is 1. The number of carbonyl (C=O) groups excluding carboxylic acids is 1. The van der Waals surface area contributed by atoms with Crippen LogP contribution in [0.15, 0.2) is 12.1 Å². The van der Waals surface area contributed by atoms with E-state index in [1.54, 1.807) is 0 Å². The predicted octanol–water partition coefficient (Wildman–Crippen LogP) is 3.56. The highest BCUT2D eigenvalue weighted by Gasteiger charge is 2.41. The molecule has 1 fully saturated rings. The summed E-state index contributed by atoms with van der Waals surface area (Å²) < 4.78 is 218. The second-order valence-corrected chi connectivity index (χ2v) is 6.23. The monoisotopic (exact) mass is 442 g/mol. The van der Waals surface area contributed by atoms with Crippen LogP contribution in [0.25, 0.3) is 0 Å². The zero-order valence-electron chi connectivity index (χ0n) is 40.2. The molecule has 2 aliphatic heterocycles. The Morgan fingerprint density at radius 3 is 2.77 bits per heavy atom. The fraction of sp³-hybridized carbons (Fsp3) is 0.708. The number of methoxy groups -OCH3 is 2. The molecule has 30 heavy (non-hydrogen) atoms. The molecule has 3 rings (SSSR count). The quantitative estimate of drug-likeness (QED) is 0.651. The molecule has 4 atom stereocenters. The number of fused-ring (bicyclic) bond motifs is 3. The van der Waals surface area contributed by atoms with Crippen molar-refractivity contribution in [2.24, 2.45) is 23.4 Å². The first-order valence-electron chi connectivity index (χ1n) is 20.6. The summed E-state index contributed by atoms with van der Waals surface area (Å²) in [6.07, 6.45) is -14.7. The average molecular weight is 443 g/mol. The Hall–Kier alpha value is -1.79. The molecule has 3 unspecified atom stereocenters. The number of hydrogen-bond donors (Lipinski definition) is 1. The first kappa shape index (κ1) is 7.11. The molecule has 0 saturated carbocycles. The van der Waals surface area contributed by atoms with Gasteiger partial charge >= 0.3 is 5.97 Å². The first-order valence-corrected chi connectivity index (χ1v) is 8.65. The van der Waals surface area contributed by atoms with Crippen LogP contribution in [0.3, 0.4) is 0 Å². The Morgan fingerprint density at radius 2 is 2.10 bits per heavy atom. The number of ether oxygens (including phenoxy) is 3. The van der Waals surface area contributed by atoms with Crippen LogP contribution >= 0.6 is 0 Å². The van der Waals surface area contributed by atoms with Gasteiger partial charge in [0.25, 0.3) is 0 Å². The number of piperidine rings is 1. The van der Waals surface area contributed by atoms with Gasteiger partial charge in [0.2, 0.25) is 0 Å². The lowest BCUT2D eigenvalue weighted by molar-refractivity contribution is -0.160. The molecule has 2 heterocycles. The fourth-order valence-electron chi connectivity index (χ4n) is 2.98. The summed E-state index contributed by atoms with van der Waals surface area (Å²) in [4.78, 5) is 14.1. The third-order valence-corrected chi connectivity index (χ3v) is 4.38. The van der Waals surface area contributed by atoms with Gasteiger partial charge in [0, 0.05) is 60.1 Å². The number of rotatable bonds is 7. The molecule has 0 radical (unpaired) electrons. The summed E-state index contributed by atoms with van der Waals surface area (Å²) in [5.74, 6) is -17.2. The van der Waals surface area contributed by atoms with E-state index in [-0.39, 0.29) is 28.4 Å². The van der Waals surface area contributed by atoms with Gasteiger partial charge in [-0.1, -0.05) is 27.4 Å². The van der Waals surface area contributed by atoms with E-state index in [1.165, 1.54) is 13.2 Å². The lowest BCUT2D eigenvalue weighted by Gasteiger charge is -2.47. The number of benzene rings is 1. The van der Waals surface area contributed by atoms with Crippen LogP contribution in [0.2, 0.25) is 0 Å². The number of hydrogen-bond acceptors (Lipinski definition) is 6. The molecule has 1 saturated heterocycles. The van der Waals surface area contributed by atoms with Crippen LogP contribution in [-0.4, -0.2) is 50.2 Å². The van der Waals surface area contributed by atoms with E-state index >= 15 is 0 Å². The third-order valence-electron chi connectivity index (χ3n) is 4.38. The second-order valence-electron chi connectivity index (χ2n) is 6.23. The van der Waals surface area contributed by atoms with Crippen LogP contribution < -0.4 is 15.2 Å². The fourth-order valence-corrected chi connectivity index (χ4v) is 2.98. The van der Waals surface area contributed by atoms with E-state index in [9.17, 15) is 14.4 Å². The van der Waals surface area contributed by atoms with Crippen LogP contribution in [0.4, 0.5) is 0 Å².